The fourth-order valence-corrected chi connectivity index (χ4v) is 4.88. The van der Waals surface area contributed by atoms with Crippen LogP contribution in [0.4, 0.5) is 0 Å². The molecular weight excluding hydrogens is 322 g/mol. The van der Waals surface area contributed by atoms with E-state index in [0.717, 1.165) is 17.6 Å². The van der Waals surface area contributed by atoms with Gasteiger partial charge in [-0.1, -0.05) is 12.5 Å². The Morgan fingerprint density at radius 1 is 1.15 bits per heavy atom. The zero-order valence-corrected chi connectivity index (χ0v) is 16.1. The van der Waals surface area contributed by atoms with Crippen molar-refractivity contribution in [3.05, 3.63) is 36.0 Å². The molecule has 2 fully saturated rings. The molecule has 1 aromatic heterocycles. The lowest BCUT2D eigenvalue weighted by molar-refractivity contribution is 0.0575. The van der Waals surface area contributed by atoms with Gasteiger partial charge < -0.3 is 14.8 Å². The monoisotopic (exact) mass is 353 g/mol. The molecule has 1 N–H and O–H groups in total. The highest BCUT2D eigenvalue weighted by atomic mass is 16.1. The molecule has 0 saturated carbocycles. The van der Waals surface area contributed by atoms with Crippen LogP contribution in [-0.2, 0) is 0 Å². The van der Waals surface area contributed by atoms with Gasteiger partial charge in [0.1, 0.15) is 0 Å². The summed E-state index contributed by atoms with van der Waals surface area (Å²) in [5, 5.41) is 4.43. The van der Waals surface area contributed by atoms with Gasteiger partial charge in [-0.15, -0.1) is 0 Å². The van der Waals surface area contributed by atoms with Crippen LogP contribution in [-0.4, -0.2) is 41.1 Å². The standard InChI is InChI=1S/C22H31N3O/c1-16(2)25-13-10-17-8-9-18(14-21(17)25)22(26)23-15-19-6-5-12-24-11-4-3-7-20(19)24/h8-10,13-14,16,19-20H,3-7,11-12,15H2,1-2H3,(H,23,26). The summed E-state index contributed by atoms with van der Waals surface area (Å²) in [7, 11) is 0. The molecule has 1 amide bonds. The molecule has 2 aliphatic rings. The van der Waals surface area contributed by atoms with Gasteiger partial charge in [0.05, 0.1) is 0 Å². The Morgan fingerprint density at radius 2 is 2.00 bits per heavy atom. The van der Waals surface area contributed by atoms with Crippen molar-refractivity contribution in [3.63, 3.8) is 0 Å². The van der Waals surface area contributed by atoms with E-state index in [0.29, 0.717) is 18.0 Å². The minimum atomic E-state index is 0.0661. The number of rotatable bonds is 4. The van der Waals surface area contributed by atoms with E-state index in [1.165, 1.54) is 50.6 Å². The second kappa shape index (κ2) is 7.43. The number of hydrogen-bond acceptors (Lipinski definition) is 2. The van der Waals surface area contributed by atoms with Crippen LogP contribution in [0.2, 0.25) is 0 Å². The third kappa shape index (κ3) is 3.39. The molecule has 4 heteroatoms. The second-order valence-corrected chi connectivity index (χ2v) is 8.30. The normalized spacial score (nSPS) is 24.0. The van der Waals surface area contributed by atoms with E-state index in [1.807, 2.05) is 12.1 Å². The molecular formula is C22H31N3O. The van der Waals surface area contributed by atoms with Crippen molar-refractivity contribution in [1.82, 2.24) is 14.8 Å². The number of carbonyl (C=O) groups excluding carboxylic acids is 1. The van der Waals surface area contributed by atoms with Crippen LogP contribution in [0.25, 0.3) is 10.9 Å². The van der Waals surface area contributed by atoms with Crippen molar-refractivity contribution in [2.24, 2.45) is 5.92 Å². The first-order valence-electron chi connectivity index (χ1n) is 10.3. The lowest BCUT2D eigenvalue weighted by Gasteiger charge is -2.44. The average molecular weight is 354 g/mol. The summed E-state index contributed by atoms with van der Waals surface area (Å²) in [6.07, 6.45) is 8.60. The molecule has 1 aromatic carbocycles. The van der Waals surface area contributed by atoms with Crippen molar-refractivity contribution < 1.29 is 4.79 Å². The molecule has 4 nitrogen and oxygen atoms in total. The van der Waals surface area contributed by atoms with Crippen LogP contribution in [0.3, 0.4) is 0 Å². The molecule has 3 heterocycles. The summed E-state index contributed by atoms with van der Waals surface area (Å²) in [5.74, 6) is 0.674. The first-order chi connectivity index (χ1) is 12.6. The highest BCUT2D eigenvalue weighted by Gasteiger charge is 2.32. The van der Waals surface area contributed by atoms with E-state index in [-0.39, 0.29) is 5.91 Å². The van der Waals surface area contributed by atoms with Gasteiger partial charge in [-0.25, -0.2) is 0 Å². The van der Waals surface area contributed by atoms with Gasteiger partial charge in [0.2, 0.25) is 0 Å². The zero-order chi connectivity index (χ0) is 18.1. The van der Waals surface area contributed by atoms with Crippen molar-refractivity contribution in [2.45, 2.75) is 58.0 Å². The maximum absolute atomic E-state index is 12.8. The van der Waals surface area contributed by atoms with Gasteiger partial charge in [-0.05, 0) is 82.1 Å². The maximum Gasteiger partial charge on any atom is 0.251 e. The molecule has 2 unspecified atom stereocenters. The summed E-state index contributed by atoms with van der Waals surface area (Å²) >= 11 is 0. The number of hydrogen-bond donors (Lipinski definition) is 1. The van der Waals surface area contributed by atoms with E-state index < -0.39 is 0 Å². The number of aromatic nitrogens is 1. The van der Waals surface area contributed by atoms with Gasteiger partial charge in [-0.2, -0.15) is 0 Å². The third-order valence-electron chi connectivity index (χ3n) is 6.30. The Balaban J connectivity index is 1.44. The zero-order valence-electron chi connectivity index (χ0n) is 16.1. The van der Waals surface area contributed by atoms with Crippen LogP contribution in [0.1, 0.15) is 62.4 Å². The van der Waals surface area contributed by atoms with Crippen LogP contribution in [0.15, 0.2) is 30.5 Å². The summed E-state index contributed by atoms with van der Waals surface area (Å²) in [6.45, 7) is 7.65. The fraction of sp³-hybridized carbons (Fsp3) is 0.591. The molecule has 0 radical (unpaired) electrons. The number of amides is 1. The van der Waals surface area contributed by atoms with E-state index in [4.69, 9.17) is 0 Å². The molecule has 140 valence electrons. The van der Waals surface area contributed by atoms with E-state index >= 15 is 0 Å². The SMILES string of the molecule is CC(C)n1ccc2ccc(C(=O)NCC3CCCN4CCCCC34)cc21. The highest BCUT2D eigenvalue weighted by molar-refractivity contribution is 5.98. The predicted molar refractivity (Wildman–Crippen MR) is 107 cm³/mol. The minimum absolute atomic E-state index is 0.0661. The molecule has 0 bridgehead atoms. The molecule has 2 atom stereocenters. The van der Waals surface area contributed by atoms with Crippen LogP contribution >= 0.6 is 0 Å². The average Bonchev–Trinajstić information content (AvgIpc) is 3.09. The summed E-state index contributed by atoms with van der Waals surface area (Å²) < 4.78 is 2.23. The maximum atomic E-state index is 12.8. The lowest BCUT2D eigenvalue weighted by atomic mass is 9.83. The van der Waals surface area contributed by atoms with Crippen molar-refractivity contribution in [1.29, 1.82) is 0 Å². The van der Waals surface area contributed by atoms with Crippen molar-refractivity contribution in [3.8, 4) is 0 Å². The minimum Gasteiger partial charge on any atom is -0.352 e. The number of piperidine rings is 2. The first kappa shape index (κ1) is 17.6. The van der Waals surface area contributed by atoms with Gasteiger partial charge in [-0.3, -0.25) is 4.79 Å². The molecule has 2 aliphatic heterocycles. The summed E-state index contributed by atoms with van der Waals surface area (Å²) in [5.41, 5.74) is 1.91. The number of nitrogens with zero attached hydrogens (tertiary/aromatic N) is 2. The molecule has 26 heavy (non-hydrogen) atoms. The van der Waals surface area contributed by atoms with Crippen LogP contribution in [0, 0.1) is 5.92 Å². The van der Waals surface area contributed by atoms with Gasteiger partial charge in [0, 0.05) is 35.9 Å². The number of benzene rings is 1. The Kier molecular flexibility index (Phi) is 5.03. The lowest BCUT2D eigenvalue weighted by Crippen LogP contribution is -2.51. The quantitative estimate of drug-likeness (QED) is 0.894. The van der Waals surface area contributed by atoms with Gasteiger partial charge in [0.25, 0.3) is 5.91 Å². The third-order valence-corrected chi connectivity index (χ3v) is 6.30. The Bertz CT molecular complexity index is 777. The second-order valence-electron chi connectivity index (χ2n) is 8.30. The molecule has 2 aromatic rings. The largest absolute Gasteiger partial charge is 0.352 e. The van der Waals surface area contributed by atoms with E-state index in [2.05, 4.69) is 47.0 Å². The Morgan fingerprint density at radius 3 is 2.85 bits per heavy atom. The Hall–Kier alpha value is -1.81. The molecule has 4 rings (SSSR count). The van der Waals surface area contributed by atoms with Crippen LogP contribution < -0.4 is 5.32 Å². The van der Waals surface area contributed by atoms with Crippen molar-refractivity contribution in [2.75, 3.05) is 19.6 Å². The molecule has 0 aliphatic carbocycles. The Labute approximate surface area is 156 Å². The number of carbonyl (C=O) groups is 1. The predicted octanol–water partition coefficient (Wildman–Crippen LogP) is 4.22. The summed E-state index contributed by atoms with van der Waals surface area (Å²) in [6, 6.07) is 9.25. The number of fused-ring (bicyclic) bond motifs is 2. The molecule has 2 saturated heterocycles. The molecule has 0 spiro atoms. The van der Waals surface area contributed by atoms with E-state index in [9.17, 15) is 4.79 Å². The fourth-order valence-electron chi connectivity index (χ4n) is 4.88. The number of nitrogens with one attached hydrogen (secondary N) is 1. The smallest absolute Gasteiger partial charge is 0.251 e. The van der Waals surface area contributed by atoms with E-state index in [1.54, 1.807) is 0 Å². The van der Waals surface area contributed by atoms with Gasteiger partial charge in [0.15, 0.2) is 0 Å². The van der Waals surface area contributed by atoms with Crippen molar-refractivity contribution >= 4 is 16.8 Å². The topological polar surface area (TPSA) is 37.3 Å². The first-order valence-corrected chi connectivity index (χ1v) is 10.3. The van der Waals surface area contributed by atoms with Crippen LogP contribution in [0.5, 0.6) is 0 Å². The highest BCUT2D eigenvalue weighted by Crippen LogP contribution is 2.30. The van der Waals surface area contributed by atoms with Gasteiger partial charge >= 0.3 is 0 Å². The summed E-state index contributed by atoms with van der Waals surface area (Å²) in [4.78, 5) is 15.4.